The summed E-state index contributed by atoms with van der Waals surface area (Å²) in [6, 6.07) is 4.63. The predicted molar refractivity (Wildman–Crippen MR) is 67.8 cm³/mol. The van der Waals surface area contributed by atoms with E-state index in [2.05, 4.69) is 15.9 Å². The van der Waals surface area contributed by atoms with Gasteiger partial charge >= 0.3 is 0 Å². The normalized spacial score (nSPS) is 24.6. The van der Waals surface area contributed by atoms with Gasteiger partial charge in [-0.15, -0.1) is 0 Å². The van der Waals surface area contributed by atoms with E-state index in [-0.39, 0.29) is 18.0 Å². The van der Waals surface area contributed by atoms with Crippen molar-refractivity contribution in [1.29, 1.82) is 0 Å². The van der Waals surface area contributed by atoms with Crippen LogP contribution < -0.4 is 4.74 Å². The van der Waals surface area contributed by atoms with E-state index < -0.39 is 0 Å². The molecule has 1 aromatic carbocycles. The molecule has 2 unspecified atom stereocenters. The van der Waals surface area contributed by atoms with Gasteiger partial charge in [-0.1, -0.05) is 15.9 Å². The molecule has 2 rings (SSSR count). The van der Waals surface area contributed by atoms with E-state index in [1.807, 2.05) is 0 Å². The van der Waals surface area contributed by atoms with Gasteiger partial charge in [0, 0.05) is 24.1 Å². The summed E-state index contributed by atoms with van der Waals surface area (Å²) in [5, 5.41) is 0. The van der Waals surface area contributed by atoms with E-state index in [1.54, 1.807) is 13.2 Å². The second kappa shape index (κ2) is 5.83. The fraction of sp³-hybridized carbons (Fsp3) is 0.538. The molecule has 0 aromatic heterocycles. The van der Waals surface area contributed by atoms with Crippen LogP contribution in [0.2, 0.25) is 0 Å². The number of halogens is 2. The minimum atomic E-state index is -0.284. The van der Waals surface area contributed by atoms with Gasteiger partial charge in [-0.3, -0.25) is 0 Å². The Labute approximate surface area is 109 Å². The zero-order chi connectivity index (χ0) is 12.3. The average Bonchev–Trinajstić information content (AvgIpc) is 2.28. The predicted octanol–water partition coefficient (Wildman–Crippen LogP) is 3.92. The first kappa shape index (κ1) is 12.8. The molecule has 4 heteroatoms. The van der Waals surface area contributed by atoms with Gasteiger partial charge in [0.2, 0.25) is 0 Å². The molecule has 0 saturated heterocycles. The van der Waals surface area contributed by atoms with Crippen LogP contribution in [0, 0.1) is 5.82 Å². The first-order chi connectivity index (χ1) is 8.17. The fourth-order valence-corrected chi connectivity index (χ4v) is 2.66. The first-order valence-electron chi connectivity index (χ1n) is 5.83. The lowest BCUT2D eigenvalue weighted by Crippen LogP contribution is -2.29. The minimum Gasteiger partial charge on any atom is -0.490 e. The van der Waals surface area contributed by atoms with Crippen molar-refractivity contribution in [2.24, 2.45) is 0 Å². The maximum absolute atomic E-state index is 13.2. The van der Waals surface area contributed by atoms with Gasteiger partial charge in [-0.25, -0.2) is 4.39 Å². The van der Waals surface area contributed by atoms with E-state index in [0.29, 0.717) is 10.2 Å². The third-order valence-corrected chi connectivity index (χ3v) is 3.51. The molecule has 1 aliphatic rings. The highest BCUT2D eigenvalue weighted by Gasteiger charge is 2.23. The van der Waals surface area contributed by atoms with Gasteiger partial charge in [0.1, 0.15) is 17.7 Å². The second-order valence-electron chi connectivity index (χ2n) is 4.37. The summed E-state index contributed by atoms with van der Waals surface area (Å²) in [4.78, 5) is 0. The Hall–Kier alpha value is -0.610. The van der Waals surface area contributed by atoms with E-state index >= 15 is 0 Å². The summed E-state index contributed by atoms with van der Waals surface area (Å²) < 4.78 is 25.0. The molecule has 0 heterocycles. The smallest absolute Gasteiger partial charge is 0.128 e. The molecule has 2 atom stereocenters. The maximum Gasteiger partial charge on any atom is 0.128 e. The molecule has 2 nitrogen and oxygen atoms in total. The lowest BCUT2D eigenvalue weighted by Gasteiger charge is -2.28. The number of rotatable bonds is 3. The molecule has 1 aromatic rings. The molecular weight excluding hydrogens is 287 g/mol. The van der Waals surface area contributed by atoms with E-state index in [0.717, 1.165) is 25.7 Å². The molecule has 94 valence electrons. The summed E-state index contributed by atoms with van der Waals surface area (Å²) in [5.74, 6) is 0.298. The van der Waals surface area contributed by atoms with Crippen LogP contribution in [0.4, 0.5) is 4.39 Å². The molecular formula is C13H16BrFO2. The Morgan fingerprint density at radius 2 is 2.00 bits per heavy atom. The quantitative estimate of drug-likeness (QED) is 0.842. The lowest BCUT2D eigenvalue weighted by atomic mass is 9.95. The monoisotopic (exact) mass is 302 g/mol. The summed E-state index contributed by atoms with van der Waals surface area (Å²) in [6.45, 7) is 0. The highest BCUT2D eigenvalue weighted by atomic mass is 79.9. The highest BCUT2D eigenvalue weighted by molar-refractivity contribution is 9.10. The maximum atomic E-state index is 13.2. The number of hydrogen-bond acceptors (Lipinski definition) is 2. The molecule has 1 saturated carbocycles. The number of benzene rings is 1. The van der Waals surface area contributed by atoms with Crippen molar-refractivity contribution < 1.29 is 13.9 Å². The van der Waals surface area contributed by atoms with Crippen LogP contribution in [0.5, 0.6) is 5.75 Å². The van der Waals surface area contributed by atoms with E-state index in [4.69, 9.17) is 9.47 Å². The molecule has 0 bridgehead atoms. The highest BCUT2D eigenvalue weighted by Crippen LogP contribution is 2.27. The van der Waals surface area contributed by atoms with Crippen LogP contribution in [0.1, 0.15) is 25.7 Å². The second-order valence-corrected chi connectivity index (χ2v) is 5.29. The molecule has 0 amide bonds. The van der Waals surface area contributed by atoms with Crippen molar-refractivity contribution in [2.75, 3.05) is 7.11 Å². The molecule has 17 heavy (non-hydrogen) atoms. The molecule has 0 radical (unpaired) electrons. The summed E-state index contributed by atoms with van der Waals surface area (Å²) >= 11 is 3.26. The summed E-state index contributed by atoms with van der Waals surface area (Å²) in [5.41, 5.74) is 0. The van der Waals surface area contributed by atoms with Crippen molar-refractivity contribution in [2.45, 2.75) is 37.9 Å². The zero-order valence-corrected chi connectivity index (χ0v) is 11.4. The zero-order valence-electron chi connectivity index (χ0n) is 9.79. The number of hydrogen-bond donors (Lipinski definition) is 0. The SMILES string of the molecule is COC1CCCC(Oc2cc(F)cc(Br)c2)C1. The van der Waals surface area contributed by atoms with E-state index in [1.165, 1.54) is 12.1 Å². The lowest BCUT2D eigenvalue weighted by molar-refractivity contribution is 0.0209. The van der Waals surface area contributed by atoms with Crippen molar-refractivity contribution >= 4 is 15.9 Å². The molecule has 0 aliphatic heterocycles. The van der Waals surface area contributed by atoms with Gasteiger partial charge < -0.3 is 9.47 Å². The van der Waals surface area contributed by atoms with Crippen LogP contribution in [-0.2, 0) is 4.74 Å². The Kier molecular flexibility index (Phi) is 4.40. The van der Waals surface area contributed by atoms with Gasteiger partial charge in [0.25, 0.3) is 0 Å². The minimum absolute atomic E-state index is 0.127. The molecule has 0 N–H and O–H groups in total. The van der Waals surface area contributed by atoms with Crippen molar-refractivity contribution in [3.05, 3.63) is 28.5 Å². The van der Waals surface area contributed by atoms with Gasteiger partial charge in [0.05, 0.1) is 6.10 Å². The third kappa shape index (κ3) is 3.68. The summed E-state index contributed by atoms with van der Waals surface area (Å²) in [6.07, 6.45) is 4.47. The first-order valence-corrected chi connectivity index (χ1v) is 6.62. The van der Waals surface area contributed by atoms with Crippen LogP contribution >= 0.6 is 15.9 Å². The van der Waals surface area contributed by atoms with Gasteiger partial charge in [-0.2, -0.15) is 0 Å². The molecule has 1 fully saturated rings. The standard InChI is InChI=1S/C13H16BrFO2/c1-16-11-3-2-4-12(8-11)17-13-6-9(14)5-10(15)7-13/h5-7,11-12H,2-4,8H2,1H3. The van der Waals surface area contributed by atoms with Crippen LogP contribution in [0.3, 0.4) is 0 Å². The molecule has 1 aliphatic carbocycles. The van der Waals surface area contributed by atoms with Crippen LogP contribution in [-0.4, -0.2) is 19.3 Å². The van der Waals surface area contributed by atoms with Crippen molar-refractivity contribution in [3.63, 3.8) is 0 Å². The van der Waals surface area contributed by atoms with Gasteiger partial charge in [0.15, 0.2) is 0 Å². The fourth-order valence-electron chi connectivity index (χ4n) is 2.21. The number of methoxy groups -OCH3 is 1. The van der Waals surface area contributed by atoms with Gasteiger partial charge in [-0.05, 0) is 31.4 Å². The Morgan fingerprint density at radius 3 is 2.71 bits per heavy atom. The Balaban J connectivity index is 2.00. The molecule has 0 spiro atoms. The topological polar surface area (TPSA) is 18.5 Å². The average molecular weight is 303 g/mol. The van der Waals surface area contributed by atoms with Crippen LogP contribution in [0.25, 0.3) is 0 Å². The largest absolute Gasteiger partial charge is 0.490 e. The third-order valence-electron chi connectivity index (χ3n) is 3.05. The van der Waals surface area contributed by atoms with Crippen molar-refractivity contribution in [1.82, 2.24) is 0 Å². The Bertz CT molecular complexity index is 363. The Morgan fingerprint density at radius 1 is 1.24 bits per heavy atom. The summed E-state index contributed by atoms with van der Waals surface area (Å²) in [7, 11) is 1.73. The number of ether oxygens (including phenoxy) is 2. The van der Waals surface area contributed by atoms with Crippen LogP contribution in [0.15, 0.2) is 22.7 Å². The van der Waals surface area contributed by atoms with E-state index in [9.17, 15) is 4.39 Å². The van der Waals surface area contributed by atoms with Crippen molar-refractivity contribution in [3.8, 4) is 5.75 Å².